The molecule has 1 heterocycles. The van der Waals surface area contributed by atoms with Crippen LogP contribution in [0.4, 0.5) is 13.2 Å². The molecule has 3 aromatic rings. The van der Waals surface area contributed by atoms with Gasteiger partial charge >= 0.3 is 12.1 Å². The van der Waals surface area contributed by atoms with Crippen molar-refractivity contribution in [2.45, 2.75) is 12.8 Å². The maximum atomic E-state index is 13.1. The summed E-state index contributed by atoms with van der Waals surface area (Å²) in [7, 11) is 0. The minimum Gasteiger partial charge on any atom is -0.457 e. The normalized spacial score (nSPS) is 11.2. The lowest BCUT2D eigenvalue weighted by molar-refractivity contribution is -0.137. The van der Waals surface area contributed by atoms with E-state index in [0.717, 1.165) is 35.1 Å². The van der Waals surface area contributed by atoms with Crippen LogP contribution < -0.4 is 0 Å². The number of carbonyl (C=O) groups excluding carboxylic acids is 2. The highest BCUT2D eigenvalue weighted by atomic mass is 32.1. The Morgan fingerprint density at radius 2 is 1.78 bits per heavy atom. The smallest absolute Gasteiger partial charge is 0.416 e. The molecule has 0 spiro atoms. The zero-order valence-corrected chi connectivity index (χ0v) is 14.6. The van der Waals surface area contributed by atoms with E-state index >= 15 is 0 Å². The molecule has 0 saturated carbocycles. The van der Waals surface area contributed by atoms with Crippen LogP contribution in [0, 0.1) is 0 Å². The van der Waals surface area contributed by atoms with Gasteiger partial charge in [0.05, 0.1) is 16.0 Å². The van der Waals surface area contributed by atoms with Crippen molar-refractivity contribution in [2.75, 3.05) is 0 Å². The second-order valence-electron chi connectivity index (χ2n) is 5.64. The number of aldehydes is 1. The highest BCUT2D eigenvalue weighted by Crippen LogP contribution is 2.36. The van der Waals surface area contributed by atoms with Crippen molar-refractivity contribution in [3.63, 3.8) is 0 Å². The number of rotatable bonds is 5. The van der Waals surface area contributed by atoms with Crippen LogP contribution in [0.3, 0.4) is 0 Å². The summed E-state index contributed by atoms with van der Waals surface area (Å²) in [6.07, 6.45) is -3.94. The highest BCUT2D eigenvalue weighted by Gasteiger charge is 2.32. The number of alkyl halides is 3. The maximum Gasteiger partial charge on any atom is 0.416 e. The quantitative estimate of drug-likeness (QED) is 0.421. The predicted molar refractivity (Wildman–Crippen MR) is 95.7 cm³/mol. The van der Waals surface area contributed by atoms with Gasteiger partial charge in [0.25, 0.3) is 0 Å². The Morgan fingerprint density at radius 3 is 2.41 bits per heavy atom. The second kappa shape index (κ2) is 7.75. The SMILES string of the molecule is O=Cc1ccc(-c2cc(C(F)(F)F)ccc2C(=O)OCc2ccccc2)s1. The Kier molecular flexibility index (Phi) is 5.41. The number of thiophene rings is 1. The topological polar surface area (TPSA) is 43.4 Å². The van der Waals surface area contributed by atoms with Crippen LogP contribution >= 0.6 is 11.3 Å². The first kappa shape index (κ1) is 18.8. The van der Waals surface area contributed by atoms with E-state index in [1.54, 1.807) is 24.3 Å². The van der Waals surface area contributed by atoms with E-state index in [9.17, 15) is 22.8 Å². The lowest BCUT2D eigenvalue weighted by atomic mass is 10.0. The summed E-state index contributed by atoms with van der Waals surface area (Å²) in [5, 5.41) is 0. The van der Waals surface area contributed by atoms with Crippen molar-refractivity contribution in [1.29, 1.82) is 0 Å². The summed E-state index contributed by atoms with van der Waals surface area (Å²) in [6, 6.07) is 14.8. The fourth-order valence-electron chi connectivity index (χ4n) is 2.46. The molecule has 0 aliphatic carbocycles. The molecule has 1 aromatic heterocycles. The average Bonchev–Trinajstić information content (AvgIpc) is 3.15. The molecule has 0 atom stereocenters. The van der Waals surface area contributed by atoms with Crippen molar-refractivity contribution in [3.8, 4) is 10.4 Å². The van der Waals surface area contributed by atoms with Gasteiger partial charge < -0.3 is 4.74 Å². The molecule has 0 saturated heterocycles. The van der Waals surface area contributed by atoms with E-state index in [-0.39, 0.29) is 17.7 Å². The minimum absolute atomic E-state index is 0.00413. The van der Waals surface area contributed by atoms with Gasteiger partial charge in [0.1, 0.15) is 6.61 Å². The van der Waals surface area contributed by atoms with E-state index in [1.807, 2.05) is 6.07 Å². The first-order valence-corrected chi connectivity index (χ1v) is 8.68. The van der Waals surface area contributed by atoms with E-state index in [4.69, 9.17) is 4.74 Å². The molecule has 27 heavy (non-hydrogen) atoms. The van der Waals surface area contributed by atoms with E-state index < -0.39 is 17.7 Å². The first-order valence-electron chi connectivity index (χ1n) is 7.86. The molecule has 0 fully saturated rings. The Morgan fingerprint density at radius 1 is 1.04 bits per heavy atom. The number of esters is 1. The summed E-state index contributed by atoms with van der Waals surface area (Å²) in [5.41, 5.74) is -0.0175. The fraction of sp³-hybridized carbons (Fsp3) is 0.100. The summed E-state index contributed by atoms with van der Waals surface area (Å²) in [6.45, 7) is 0.00413. The standard InChI is InChI=1S/C20H13F3O3S/c21-20(22,23)14-6-8-16(17(10-14)18-9-7-15(11-24)27-18)19(25)26-12-13-4-2-1-3-5-13/h1-11H,12H2. The molecule has 2 aromatic carbocycles. The zero-order valence-electron chi connectivity index (χ0n) is 13.8. The number of carbonyl (C=O) groups is 2. The number of ether oxygens (including phenoxy) is 1. The lowest BCUT2D eigenvalue weighted by Crippen LogP contribution is -2.10. The molecule has 138 valence electrons. The van der Waals surface area contributed by atoms with Crippen LogP contribution in [0.5, 0.6) is 0 Å². The van der Waals surface area contributed by atoms with Gasteiger partial charge in [-0.05, 0) is 35.9 Å². The van der Waals surface area contributed by atoms with Crippen molar-refractivity contribution in [2.24, 2.45) is 0 Å². The molecular formula is C20H13F3O3S. The second-order valence-corrected chi connectivity index (χ2v) is 6.76. The van der Waals surface area contributed by atoms with E-state index in [0.29, 0.717) is 16.0 Å². The third-order valence-corrected chi connectivity index (χ3v) is 4.83. The largest absolute Gasteiger partial charge is 0.457 e. The third-order valence-electron chi connectivity index (χ3n) is 3.79. The zero-order chi connectivity index (χ0) is 19.4. The lowest BCUT2D eigenvalue weighted by Gasteiger charge is -2.12. The van der Waals surface area contributed by atoms with Crippen molar-refractivity contribution >= 4 is 23.6 Å². The summed E-state index contributed by atoms with van der Waals surface area (Å²) < 4.78 is 44.5. The fourth-order valence-corrected chi connectivity index (χ4v) is 3.32. The Bertz CT molecular complexity index is 962. The van der Waals surface area contributed by atoms with E-state index in [1.165, 1.54) is 12.1 Å². The Labute approximate surface area is 157 Å². The number of benzene rings is 2. The van der Waals surface area contributed by atoms with Crippen LogP contribution in [-0.4, -0.2) is 12.3 Å². The summed E-state index contributed by atoms with van der Waals surface area (Å²) in [4.78, 5) is 24.1. The highest BCUT2D eigenvalue weighted by molar-refractivity contribution is 7.17. The summed E-state index contributed by atoms with van der Waals surface area (Å²) >= 11 is 1.01. The van der Waals surface area contributed by atoms with Crippen LogP contribution in [0.15, 0.2) is 60.7 Å². The molecule has 0 amide bonds. The molecule has 3 rings (SSSR count). The number of halogens is 3. The van der Waals surface area contributed by atoms with Gasteiger partial charge in [-0.1, -0.05) is 30.3 Å². The molecule has 0 radical (unpaired) electrons. The molecule has 0 N–H and O–H groups in total. The molecule has 0 unspecified atom stereocenters. The van der Waals surface area contributed by atoms with Crippen LogP contribution in [0.2, 0.25) is 0 Å². The molecular weight excluding hydrogens is 377 g/mol. The van der Waals surface area contributed by atoms with Crippen LogP contribution in [-0.2, 0) is 17.5 Å². The van der Waals surface area contributed by atoms with Crippen LogP contribution in [0.1, 0.15) is 31.2 Å². The van der Waals surface area contributed by atoms with Gasteiger partial charge in [-0.2, -0.15) is 13.2 Å². The Balaban J connectivity index is 1.95. The van der Waals surface area contributed by atoms with Gasteiger partial charge in [-0.15, -0.1) is 11.3 Å². The predicted octanol–water partition coefficient (Wildman–Crippen LogP) is 5.60. The minimum atomic E-state index is -4.55. The Hall–Kier alpha value is -2.93. The van der Waals surface area contributed by atoms with Gasteiger partial charge in [0.15, 0.2) is 6.29 Å². The van der Waals surface area contributed by atoms with E-state index in [2.05, 4.69) is 0 Å². The van der Waals surface area contributed by atoms with Gasteiger partial charge in [0, 0.05) is 10.4 Å². The molecule has 7 heteroatoms. The van der Waals surface area contributed by atoms with Gasteiger partial charge in [-0.25, -0.2) is 4.79 Å². The van der Waals surface area contributed by atoms with Crippen LogP contribution in [0.25, 0.3) is 10.4 Å². The molecule has 0 aliphatic heterocycles. The number of hydrogen-bond donors (Lipinski definition) is 0. The molecule has 0 aliphatic rings. The average molecular weight is 390 g/mol. The molecule has 3 nitrogen and oxygen atoms in total. The maximum absolute atomic E-state index is 13.1. The first-order chi connectivity index (χ1) is 12.9. The monoisotopic (exact) mass is 390 g/mol. The van der Waals surface area contributed by atoms with Crippen molar-refractivity contribution < 1.29 is 27.5 Å². The van der Waals surface area contributed by atoms with Gasteiger partial charge in [-0.3, -0.25) is 4.79 Å². The van der Waals surface area contributed by atoms with Crippen molar-refractivity contribution in [3.05, 3.63) is 82.2 Å². The number of hydrogen-bond acceptors (Lipinski definition) is 4. The third kappa shape index (κ3) is 4.43. The van der Waals surface area contributed by atoms with Gasteiger partial charge in [0.2, 0.25) is 0 Å². The molecule has 0 bridgehead atoms. The summed E-state index contributed by atoms with van der Waals surface area (Å²) in [5.74, 6) is -0.733. The van der Waals surface area contributed by atoms with Crippen molar-refractivity contribution in [1.82, 2.24) is 0 Å².